The Balaban J connectivity index is 0.000000160. The van der Waals surface area contributed by atoms with E-state index < -0.39 is 11.9 Å². The molecule has 3 aliphatic carbocycles. The highest BCUT2D eigenvalue weighted by molar-refractivity contribution is 14.1. The first kappa shape index (κ1) is 70.3. The number of carboxylic acids is 1. The Kier molecular flexibility index (Phi) is 26.8. The van der Waals surface area contributed by atoms with Crippen molar-refractivity contribution in [2.24, 2.45) is 17.8 Å². The molecule has 0 bridgehead atoms. The molecule has 9 N–H and O–H groups in total. The third kappa shape index (κ3) is 19.6. The van der Waals surface area contributed by atoms with Crippen molar-refractivity contribution in [3.8, 4) is 46.0 Å². The number of aromatic nitrogens is 3. The summed E-state index contributed by atoms with van der Waals surface area (Å²) >= 11 is 7.37. The Morgan fingerprint density at radius 1 is 0.557 bits per heavy atom. The van der Waals surface area contributed by atoms with E-state index in [2.05, 4.69) is 30.9 Å². The zero-order chi connectivity index (χ0) is 73.4. The van der Waals surface area contributed by atoms with E-state index in [0.717, 1.165) is 58.3 Å². The molecule has 26 nitrogen and oxygen atoms in total. The molecule has 10 aliphatic rings. The van der Waals surface area contributed by atoms with Crippen LogP contribution in [0, 0.1) is 23.6 Å². The molecule has 31 heteroatoms. The van der Waals surface area contributed by atoms with Crippen LogP contribution in [0.3, 0.4) is 0 Å². The number of rotatable bonds is 9. The van der Waals surface area contributed by atoms with Crippen molar-refractivity contribution < 1.29 is 86.9 Å². The maximum Gasteiger partial charge on any atom is 0.313 e. The molecule has 520 valence electrons. The number of carbonyl (C=O) groups is 6. The molecular formula is C66H75FI4N10O16. The topological polar surface area (TPSA) is 340 Å². The molecule has 3 saturated carbocycles. The Morgan fingerprint density at radius 3 is 1.31 bits per heavy atom. The van der Waals surface area contributed by atoms with E-state index in [1.165, 1.54) is 39.2 Å². The summed E-state index contributed by atoms with van der Waals surface area (Å²) in [5, 5.41) is 26.6. The lowest BCUT2D eigenvalue weighted by atomic mass is 10.1. The van der Waals surface area contributed by atoms with Crippen LogP contribution in [0.2, 0.25) is 5.65 Å². The van der Waals surface area contributed by atoms with Gasteiger partial charge in [-0.1, -0.05) is 0 Å². The van der Waals surface area contributed by atoms with Crippen LogP contribution < -0.4 is 53.7 Å². The van der Waals surface area contributed by atoms with E-state index in [9.17, 15) is 43.4 Å². The van der Waals surface area contributed by atoms with Crippen molar-refractivity contribution in [2.45, 2.75) is 101 Å². The highest BCUT2D eigenvalue weighted by atomic mass is 127. The van der Waals surface area contributed by atoms with Gasteiger partial charge in [0.2, 0.25) is 17.7 Å². The van der Waals surface area contributed by atoms with Gasteiger partial charge in [0.15, 0.2) is 0 Å². The van der Waals surface area contributed by atoms with E-state index in [1.54, 1.807) is 90.8 Å². The standard InChI is InChI=1S/C20H18N2O5.C18H14N2O5.C12H12O4.C8H7FN2O.C4H8O.4CH4IN/c1-2-25-20(24)17-16-12-9-10(3-5-13(12)27-18(16)17)26-14-7-8-21-19-11(14)4-6-15(23)22-19;21-13-4-2-9-12(5-6-19-17(9)20-13)24-8-1-3-11-10(7-8)14-15(18(22)23)16(14)25-11;1-2-15-12(14)10-9-7-5-6(13)3-4-8(7)16-11(9)10;9-6-3-4-10-8-5(6)1-2-7(12)11-8;1-2-4-5-3-1;4*1-3-2/h3,5,7-9,16-18H,2,4,6H2,1H3,(H,21,22,23);1,3,5-7,14-16H,2,4H2,(H,22,23)(H,19,20,21);3-5,9-11,13H,2H2,1H3;3-4H,1-2H2,(H,10,11,12);1-4H2;4*3H,1H3/t16-,17-,18?;14-,15-,16?;9-,10-,11?;;;;;;/m000....../s1/i/hT4. The summed E-state index contributed by atoms with van der Waals surface area (Å²) in [6.07, 6.45) is 9.40. The van der Waals surface area contributed by atoms with Crippen molar-refractivity contribution in [3.63, 3.8) is 0 Å². The third-order valence-corrected chi connectivity index (χ3v) is 16.0. The SMILES string of the molecule is C1CCOC1.CCOC(=O)[C@@H]1C2Oc3ccc(O)cc3[C@H]21.CCOC(=O)[C@@H]1C2Oc3ccc(Oc4ccnc5c4CCC(=O)N5)cc3[C@H]21.O=C1CCc2c(F)ccnc2N1.O=C1CCc2c(Oc3ccc4c(c3)[C@@H]3C(O4)[C@H]3C(=O)O)ccnc2N1.[3H]N(C)I.[3H]N(C)I.[3H]N(C)I.[3H]N(C)I. The lowest BCUT2D eigenvalue weighted by molar-refractivity contribution is -0.146. The van der Waals surface area contributed by atoms with E-state index in [1.807, 2.05) is 122 Å². The quantitative estimate of drug-likeness (QED) is 0.0369. The van der Waals surface area contributed by atoms with Crippen LogP contribution in [0.15, 0.2) is 91.4 Å². The molecule has 1 saturated heterocycles. The van der Waals surface area contributed by atoms with Crippen LogP contribution >= 0.6 is 91.5 Å². The fraction of sp³-hybridized carbons (Fsp3) is 0.409. The predicted octanol–water partition coefficient (Wildman–Crippen LogP) is 10.7. The van der Waals surface area contributed by atoms with Crippen molar-refractivity contribution in [1.29, 1.82) is 0 Å². The Morgan fingerprint density at radius 2 is 0.918 bits per heavy atom. The largest absolute Gasteiger partial charge is 0.508 e. The normalized spacial score (nSPS) is 22.6. The first-order valence-electron chi connectivity index (χ1n) is 32.6. The minimum Gasteiger partial charge on any atom is -0.508 e. The number of hydrogen-bond donors (Lipinski definition) is 9. The molecular weight excluding hydrogens is 1720 g/mol. The number of nitrogens with zero attached hydrogens (tertiary/aromatic N) is 3. The average molecular weight is 1800 g/mol. The fourth-order valence-electron chi connectivity index (χ4n) is 11.7. The number of nitrogens with one attached hydrogen (secondary N) is 7. The highest BCUT2D eigenvalue weighted by Gasteiger charge is 2.65. The predicted molar refractivity (Wildman–Crippen MR) is 390 cm³/mol. The number of phenols is 1. The first-order chi connectivity index (χ1) is 48.2. The maximum atomic E-state index is 13.0. The Hall–Kier alpha value is -6.62. The molecule has 16 rings (SSSR count). The zero-order valence-electron chi connectivity index (χ0n) is 57.5. The number of hydrogen-bond acceptors (Lipinski definition) is 22. The van der Waals surface area contributed by atoms with Gasteiger partial charge in [0.1, 0.15) is 111 Å². The van der Waals surface area contributed by atoms with E-state index in [4.69, 9.17) is 43.5 Å². The van der Waals surface area contributed by atoms with Crippen LogP contribution in [-0.4, -0.2) is 134 Å². The van der Waals surface area contributed by atoms with Crippen LogP contribution in [-0.2, 0) is 62.2 Å². The summed E-state index contributed by atoms with van der Waals surface area (Å²) in [6, 6.07) is 20.9. The van der Waals surface area contributed by atoms with Gasteiger partial charge in [-0.3, -0.25) is 42.9 Å². The monoisotopic (exact) mass is 1800 g/mol. The number of fused-ring (bicyclic) bond motifs is 12. The molecule has 6 aromatic rings. The lowest BCUT2D eigenvalue weighted by Crippen LogP contribution is -2.20. The molecule has 9 atom stereocenters. The summed E-state index contributed by atoms with van der Waals surface area (Å²) in [7, 11) is 6.61. The van der Waals surface area contributed by atoms with E-state index in [0.29, 0.717) is 97.8 Å². The molecule has 0 radical (unpaired) electrons. The number of anilines is 3. The smallest absolute Gasteiger partial charge is 0.313 e. The summed E-state index contributed by atoms with van der Waals surface area (Å²) in [5.41, 5.74) is 5.05. The van der Waals surface area contributed by atoms with Crippen LogP contribution in [0.1, 0.15) is 97.1 Å². The number of benzene rings is 3. The van der Waals surface area contributed by atoms with Crippen molar-refractivity contribution in [2.75, 3.05) is 70.6 Å². The number of aromatic hydroxyl groups is 1. The molecule has 3 aromatic heterocycles. The van der Waals surface area contributed by atoms with Gasteiger partial charge in [-0.25, -0.2) is 19.3 Å². The van der Waals surface area contributed by atoms with Crippen LogP contribution in [0.5, 0.6) is 46.0 Å². The van der Waals surface area contributed by atoms with Crippen LogP contribution in [0.4, 0.5) is 21.8 Å². The number of carboxylic acid groups (broad SMARTS) is 1. The molecule has 7 aliphatic heterocycles. The molecule has 3 unspecified atom stereocenters. The Labute approximate surface area is 621 Å². The number of pyridine rings is 3. The number of halogens is 5. The van der Waals surface area contributed by atoms with Gasteiger partial charge in [0.25, 0.3) is 0 Å². The van der Waals surface area contributed by atoms with Crippen molar-refractivity contribution in [1.82, 2.24) is 29.0 Å². The van der Waals surface area contributed by atoms with Gasteiger partial charge in [0, 0.05) is 194 Å². The highest BCUT2D eigenvalue weighted by Crippen LogP contribution is 2.61. The molecule has 10 heterocycles. The second-order valence-corrected chi connectivity index (χ2v) is 26.0. The molecule has 0 spiro atoms. The maximum absolute atomic E-state index is 13.0. The summed E-state index contributed by atoms with van der Waals surface area (Å²) in [4.78, 5) is 80.9. The number of phenolic OH excluding ortho intramolecular Hbond substituents is 1. The van der Waals surface area contributed by atoms with Crippen LogP contribution in [0.25, 0.3) is 0 Å². The number of carbonyl (C=O) groups excluding carboxylic acids is 5. The minimum absolute atomic E-state index is 0.0354. The van der Waals surface area contributed by atoms with Gasteiger partial charge in [0.05, 0.1) is 13.2 Å². The molecule has 97 heavy (non-hydrogen) atoms. The van der Waals surface area contributed by atoms with Crippen molar-refractivity contribution in [3.05, 3.63) is 131 Å². The molecule has 4 fully saturated rings. The Bertz CT molecular complexity index is 3890. The molecule has 3 amide bonds. The van der Waals surface area contributed by atoms with Gasteiger partial charge < -0.3 is 64.1 Å². The number of esters is 2. The van der Waals surface area contributed by atoms with Crippen molar-refractivity contribution >= 4 is 145 Å². The fourth-order valence-corrected chi connectivity index (χ4v) is 11.7. The number of aliphatic carboxylic acids is 1. The summed E-state index contributed by atoms with van der Waals surface area (Å²) in [5.74, 6) is 3.97. The lowest BCUT2D eigenvalue weighted by Gasteiger charge is -2.19. The second-order valence-electron chi connectivity index (χ2n) is 22.1. The number of ether oxygens (including phenoxy) is 8. The second kappa shape index (κ2) is 37.0. The third-order valence-electron chi connectivity index (χ3n) is 16.0. The summed E-state index contributed by atoms with van der Waals surface area (Å²) in [6.45, 7) is 6.35. The van der Waals surface area contributed by atoms with Gasteiger partial charge in [-0.15, -0.1) is 0 Å². The first-order valence-corrected chi connectivity index (χ1v) is 34.7. The van der Waals surface area contributed by atoms with E-state index in [-0.39, 0.29) is 89.1 Å². The number of amides is 3. The van der Waals surface area contributed by atoms with Gasteiger partial charge >= 0.3 is 17.9 Å². The van der Waals surface area contributed by atoms with E-state index >= 15 is 0 Å². The average Bonchev–Trinajstić information content (AvgIpc) is 1.57. The molecule has 3 aromatic carbocycles. The zero-order valence-corrected chi connectivity index (χ0v) is 62.1. The summed E-state index contributed by atoms with van der Waals surface area (Å²) < 4.78 is 87.8. The van der Waals surface area contributed by atoms with Gasteiger partial charge in [-0.05, 0) is 147 Å². The van der Waals surface area contributed by atoms with Gasteiger partial charge in [-0.2, -0.15) is 0 Å². The minimum atomic E-state index is -0.828.